The lowest BCUT2D eigenvalue weighted by atomic mass is 10.0. The van der Waals surface area contributed by atoms with Gasteiger partial charge in [0.1, 0.15) is 0 Å². The second-order valence-corrected chi connectivity index (χ2v) is 4.70. The summed E-state index contributed by atoms with van der Waals surface area (Å²) in [6.45, 7) is 3.74. The molecule has 6 nitrogen and oxygen atoms in total. The van der Waals surface area contributed by atoms with Crippen molar-refractivity contribution >= 4 is 11.9 Å². The van der Waals surface area contributed by atoms with Gasteiger partial charge in [-0.1, -0.05) is 18.2 Å². The molecule has 0 aliphatic carbocycles. The van der Waals surface area contributed by atoms with Crippen LogP contribution in [0.5, 0.6) is 0 Å². The molecule has 2 rings (SSSR count). The molecule has 1 aromatic heterocycles. The van der Waals surface area contributed by atoms with Crippen molar-refractivity contribution in [3.8, 4) is 11.3 Å². The highest BCUT2D eigenvalue weighted by atomic mass is 16.5. The molecule has 0 fully saturated rings. The molecule has 0 saturated carbocycles. The molecule has 110 valence electrons. The Morgan fingerprint density at radius 3 is 2.67 bits per heavy atom. The molecule has 0 saturated heterocycles. The van der Waals surface area contributed by atoms with Gasteiger partial charge in [-0.25, -0.2) is 9.78 Å². The van der Waals surface area contributed by atoms with Gasteiger partial charge in [0.05, 0.1) is 12.7 Å². The van der Waals surface area contributed by atoms with E-state index < -0.39 is 5.97 Å². The highest BCUT2D eigenvalue weighted by Crippen LogP contribution is 2.27. The summed E-state index contributed by atoms with van der Waals surface area (Å²) in [6.07, 6.45) is 1.15. The summed E-state index contributed by atoms with van der Waals surface area (Å²) >= 11 is 0. The van der Waals surface area contributed by atoms with Crippen LogP contribution < -0.4 is 5.32 Å². The van der Waals surface area contributed by atoms with Crippen molar-refractivity contribution in [2.45, 2.75) is 19.9 Å². The molecule has 0 radical (unpaired) electrons. The number of ether oxygens (including phenoxy) is 1. The van der Waals surface area contributed by atoms with Crippen LogP contribution in [0, 0.1) is 0 Å². The number of nitrogens with zero attached hydrogens (tertiary/aromatic N) is 1. The van der Waals surface area contributed by atoms with Crippen molar-refractivity contribution < 1.29 is 18.7 Å². The van der Waals surface area contributed by atoms with E-state index in [-0.39, 0.29) is 23.4 Å². The first kappa shape index (κ1) is 14.8. The maximum absolute atomic E-state index is 12.2. The summed E-state index contributed by atoms with van der Waals surface area (Å²) in [4.78, 5) is 27.8. The van der Waals surface area contributed by atoms with Crippen molar-refractivity contribution in [1.29, 1.82) is 0 Å². The minimum atomic E-state index is -0.613. The highest BCUT2D eigenvalue weighted by molar-refractivity contribution is 6.03. The molecule has 0 spiro atoms. The van der Waals surface area contributed by atoms with E-state index in [0.29, 0.717) is 11.1 Å². The van der Waals surface area contributed by atoms with Gasteiger partial charge in [0, 0.05) is 11.6 Å². The standard InChI is InChI=1S/C15H16N2O4/c1-9(2)17-14(18)11-7-5-4-6-10(11)13-12(15(19)20-3)16-8-21-13/h4-9H,1-3H3,(H,17,18). The molecule has 21 heavy (non-hydrogen) atoms. The first-order valence-electron chi connectivity index (χ1n) is 6.46. The molecule has 1 heterocycles. The summed E-state index contributed by atoms with van der Waals surface area (Å²) in [7, 11) is 1.26. The smallest absolute Gasteiger partial charge is 0.360 e. The number of methoxy groups -OCH3 is 1. The van der Waals surface area contributed by atoms with Crippen molar-refractivity contribution in [2.75, 3.05) is 7.11 Å². The number of oxazole rings is 1. The summed E-state index contributed by atoms with van der Waals surface area (Å²) in [5.74, 6) is -0.637. The van der Waals surface area contributed by atoms with Gasteiger partial charge < -0.3 is 14.5 Å². The molecule has 0 atom stereocenters. The van der Waals surface area contributed by atoms with E-state index in [2.05, 4.69) is 15.0 Å². The third-order valence-corrected chi connectivity index (χ3v) is 2.78. The fourth-order valence-corrected chi connectivity index (χ4v) is 1.90. The average molecular weight is 288 g/mol. The van der Waals surface area contributed by atoms with E-state index in [1.165, 1.54) is 7.11 Å². The van der Waals surface area contributed by atoms with Gasteiger partial charge in [-0.3, -0.25) is 4.79 Å². The van der Waals surface area contributed by atoms with E-state index in [4.69, 9.17) is 4.42 Å². The van der Waals surface area contributed by atoms with Gasteiger partial charge in [-0.2, -0.15) is 0 Å². The van der Waals surface area contributed by atoms with Gasteiger partial charge >= 0.3 is 5.97 Å². The topological polar surface area (TPSA) is 81.4 Å². The van der Waals surface area contributed by atoms with Gasteiger partial charge in [-0.15, -0.1) is 0 Å². The number of nitrogens with one attached hydrogen (secondary N) is 1. The molecule has 0 aliphatic rings. The zero-order valence-electron chi connectivity index (χ0n) is 12.0. The Morgan fingerprint density at radius 2 is 2.00 bits per heavy atom. The van der Waals surface area contributed by atoms with Crippen LogP contribution in [0.3, 0.4) is 0 Å². The third kappa shape index (κ3) is 3.10. The Hall–Kier alpha value is -2.63. The number of amides is 1. The van der Waals surface area contributed by atoms with Crippen LogP contribution in [-0.2, 0) is 4.74 Å². The fourth-order valence-electron chi connectivity index (χ4n) is 1.90. The maximum atomic E-state index is 12.2. The van der Waals surface area contributed by atoms with E-state index in [9.17, 15) is 9.59 Å². The number of benzene rings is 1. The zero-order chi connectivity index (χ0) is 15.4. The minimum absolute atomic E-state index is 0.000333. The normalized spacial score (nSPS) is 10.5. The van der Waals surface area contributed by atoms with Crippen molar-refractivity contribution in [3.63, 3.8) is 0 Å². The monoisotopic (exact) mass is 288 g/mol. The number of aromatic nitrogens is 1. The Morgan fingerprint density at radius 1 is 1.29 bits per heavy atom. The number of hydrogen-bond acceptors (Lipinski definition) is 5. The third-order valence-electron chi connectivity index (χ3n) is 2.78. The highest BCUT2D eigenvalue weighted by Gasteiger charge is 2.23. The summed E-state index contributed by atoms with van der Waals surface area (Å²) in [5, 5.41) is 2.81. The minimum Gasteiger partial charge on any atom is -0.464 e. The Bertz CT molecular complexity index is 661. The quantitative estimate of drug-likeness (QED) is 0.873. The first-order chi connectivity index (χ1) is 10.0. The Labute approximate surface area is 122 Å². The zero-order valence-corrected chi connectivity index (χ0v) is 12.0. The molecule has 1 N–H and O–H groups in total. The maximum Gasteiger partial charge on any atom is 0.360 e. The predicted molar refractivity (Wildman–Crippen MR) is 75.9 cm³/mol. The molecule has 0 unspecified atom stereocenters. The average Bonchev–Trinajstić information content (AvgIpc) is 2.95. The number of rotatable bonds is 4. The largest absolute Gasteiger partial charge is 0.464 e. The molecule has 1 aromatic carbocycles. The number of hydrogen-bond donors (Lipinski definition) is 1. The Balaban J connectivity index is 2.48. The van der Waals surface area contributed by atoms with Crippen LogP contribution in [0.15, 0.2) is 35.1 Å². The molecule has 6 heteroatoms. The lowest BCUT2D eigenvalue weighted by Gasteiger charge is -2.11. The van der Waals surface area contributed by atoms with Crippen LogP contribution >= 0.6 is 0 Å². The van der Waals surface area contributed by atoms with Crippen LogP contribution in [0.2, 0.25) is 0 Å². The SMILES string of the molecule is COC(=O)c1ncoc1-c1ccccc1C(=O)NC(C)C. The predicted octanol–water partition coefficient (Wildman–Crippen LogP) is 2.27. The van der Waals surface area contributed by atoms with Gasteiger partial charge in [0.25, 0.3) is 5.91 Å². The summed E-state index contributed by atoms with van der Waals surface area (Å²) in [5.41, 5.74) is 0.948. The molecule has 0 aliphatic heterocycles. The lowest BCUT2D eigenvalue weighted by molar-refractivity contribution is 0.0595. The second-order valence-electron chi connectivity index (χ2n) is 4.70. The molecule has 2 aromatic rings. The van der Waals surface area contributed by atoms with Crippen LogP contribution in [0.4, 0.5) is 0 Å². The van der Waals surface area contributed by atoms with E-state index in [1.54, 1.807) is 24.3 Å². The van der Waals surface area contributed by atoms with Crippen molar-refractivity contribution in [1.82, 2.24) is 10.3 Å². The Kier molecular flexibility index (Phi) is 4.37. The lowest BCUT2D eigenvalue weighted by Crippen LogP contribution is -2.30. The van der Waals surface area contributed by atoms with Crippen molar-refractivity contribution in [2.24, 2.45) is 0 Å². The first-order valence-corrected chi connectivity index (χ1v) is 6.46. The summed E-state index contributed by atoms with van der Waals surface area (Å²) < 4.78 is 9.94. The molecule has 0 bridgehead atoms. The van der Waals surface area contributed by atoms with E-state index >= 15 is 0 Å². The molecular weight excluding hydrogens is 272 g/mol. The van der Waals surface area contributed by atoms with Crippen LogP contribution in [-0.4, -0.2) is 30.0 Å². The van der Waals surface area contributed by atoms with Crippen molar-refractivity contribution in [3.05, 3.63) is 41.9 Å². The number of carbonyl (C=O) groups is 2. The molecular formula is C15H16N2O4. The second kappa shape index (κ2) is 6.21. The van der Waals surface area contributed by atoms with E-state index in [1.807, 2.05) is 13.8 Å². The number of esters is 1. The van der Waals surface area contributed by atoms with Crippen LogP contribution in [0.1, 0.15) is 34.7 Å². The van der Waals surface area contributed by atoms with Gasteiger partial charge in [0.15, 0.2) is 17.8 Å². The molecule has 1 amide bonds. The van der Waals surface area contributed by atoms with Crippen LogP contribution in [0.25, 0.3) is 11.3 Å². The van der Waals surface area contributed by atoms with Gasteiger partial charge in [0.2, 0.25) is 0 Å². The summed E-state index contributed by atoms with van der Waals surface area (Å²) in [6, 6.07) is 6.86. The fraction of sp³-hybridized carbons (Fsp3) is 0.267. The van der Waals surface area contributed by atoms with E-state index in [0.717, 1.165) is 6.39 Å². The van der Waals surface area contributed by atoms with Gasteiger partial charge in [-0.05, 0) is 19.9 Å². The number of carbonyl (C=O) groups excluding carboxylic acids is 2.